The number of hydrogen-bond donors (Lipinski definition) is 0. The molecular weight excluding hydrogens is 361 g/mol. The zero-order chi connectivity index (χ0) is 17.3. The van der Waals surface area contributed by atoms with Gasteiger partial charge < -0.3 is 14.2 Å². The van der Waals surface area contributed by atoms with Crippen molar-refractivity contribution in [1.82, 2.24) is 4.90 Å². The van der Waals surface area contributed by atoms with Gasteiger partial charge in [0.1, 0.15) is 0 Å². The molecule has 1 spiro atoms. The van der Waals surface area contributed by atoms with Gasteiger partial charge >= 0.3 is 0 Å². The summed E-state index contributed by atoms with van der Waals surface area (Å²) in [6, 6.07) is 6.01. The number of ether oxygens (including phenoxy) is 3. The number of rotatable bonds is 4. The van der Waals surface area contributed by atoms with E-state index in [2.05, 4.69) is 4.90 Å². The summed E-state index contributed by atoms with van der Waals surface area (Å²) in [5.41, 5.74) is 0.885. The van der Waals surface area contributed by atoms with E-state index >= 15 is 0 Å². The summed E-state index contributed by atoms with van der Waals surface area (Å²) in [4.78, 5) is 2.50. The fourth-order valence-corrected chi connectivity index (χ4v) is 4.85. The normalized spacial score (nSPS) is 29.5. The van der Waals surface area contributed by atoms with Gasteiger partial charge in [0.25, 0.3) is 0 Å². The van der Waals surface area contributed by atoms with Crippen LogP contribution in [-0.4, -0.2) is 49.1 Å². The monoisotopic (exact) mass is 385 g/mol. The van der Waals surface area contributed by atoms with Gasteiger partial charge in [-0.1, -0.05) is 42.1 Å². The van der Waals surface area contributed by atoms with Crippen LogP contribution in [0.25, 0.3) is 0 Å². The Balaban J connectivity index is 1.41. The third-order valence-corrected chi connectivity index (χ3v) is 6.39. The Labute approximate surface area is 159 Å². The summed E-state index contributed by atoms with van der Waals surface area (Å²) in [5, 5.41) is 1.35. The molecule has 0 aromatic heterocycles. The molecule has 0 N–H and O–H groups in total. The molecule has 1 aromatic rings. The minimum Gasteiger partial charge on any atom is -0.372 e. The van der Waals surface area contributed by atoms with Gasteiger partial charge in [-0.25, -0.2) is 0 Å². The summed E-state index contributed by atoms with van der Waals surface area (Å²) >= 11 is 12.6. The Hall–Kier alpha value is -0.360. The lowest BCUT2D eigenvalue weighted by molar-refractivity contribution is -0.150. The van der Waals surface area contributed by atoms with Crippen molar-refractivity contribution in [2.24, 2.45) is 0 Å². The standard InChI is InChI=1S/C19H25Cl2NO3/c20-15-4-3-5-16(21)14(15)12-23-18-7-2-1-6-17(18)22-9-8-19(13-22)24-10-11-25-19/h3-5,17-18H,1-2,6-13H2/t17-,18-/m0/s1. The van der Waals surface area contributed by atoms with Gasteiger partial charge in [0, 0.05) is 34.6 Å². The zero-order valence-electron chi connectivity index (χ0n) is 14.4. The highest BCUT2D eigenvalue weighted by atomic mass is 35.5. The number of nitrogens with zero attached hydrogens (tertiary/aromatic N) is 1. The van der Waals surface area contributed by atoms with Crippen LogP contribution in [0.2, 0.25) is 10.0 Å². The molecule has 3 aliphatic rings. The van der Waals surface area contributed by atoms with Crippen LogP contribution in [-0.2, 0) is 20.8 Å². The molecule has 4 rings (SSSR count). The molecule has 138 valence electrons. The maximum atomic E-state index is 6.31. The van der Waals surface area contributed by atoms with Crippen molar-refractivity contribution in [3.8, 4) is 0 Å². The molecule has 25 heavy (non-hydrogen) atoms. The van der Waals surface area contributed by atoms with Crippen LogP contribution < -0.4 is 0 Å². The fourth-order valence-electron chi connectivity index (χ4n) is 4.35. The Morgan fingerprint density at radius 2 is 1.84 bits per heavy atom. The molecule has 2 atom stereocenters. The first-order valence-electron chi connectivity index (χ1n) is 9.23. The second-order valence-corrected chi connectivity index (χ2v) is 8.04. The molecule has 3 fully saturated rings. The highest BCUT2D eigenvalue weighted by Crippen LogP contribution is 2.36. The first-order chi connectivity index (χ1) is 12.2. The van der Waals surface area contributed by atoms with E-state index in [9.17, 15) is 0 Å². The molecule has 1 aromatic carbocycles. The fraction of sp³-hybridized carbons (Fsp3) is 0.684. The van der Waals surface area contributed by atoms with E-state index in [1.165, 1.54) is 12.8 Å². The molecule has 0 radical (unpaired) electrons. The SMILES string of the molecule is Clc1cccc(Cl)c1CO[C@H]1CCCC[C@@H]1N1CCC2(C1)OCCO2. The van der Waals surface area contributed by atoms with Crippen molar-refractivity contribution >= 4 is 23.2 Å². The van der Waals surface area contributed by atoms with Crippen LogP contribution in [0.4, 0.5) is 0 Å². The Morgan fingerprint density at radius 3 is 2.60 bits per heavy atom. The van der Waals surface area contributed by atoms with Crippen molar-refractivity contribution in [2.75, 3.05) is 26.3 Å². The predicted octanol–water partition coefficient (Wildman–Crippen LogP) is 4.27. The van der Waals surface area contributed by atoms with Crippen LogP contribution in [0, 0.1) is 0 Å². The van der Waals surface area contributed by atoms with E-state index in [1.54, 1.807) is 0 Å². The molecule has 6 heteroatoms. The quantitative estimate of drug-likeness (QED) is 0.774. The second-order valence-electron chi connectivity index (χ2n) is 7.23. The summed E-state index contributed by atoms with van der Waals surface area (Å²) < 4.78 is 18.1. The van der Waals surface area contributed by atoms with E-state index in [-0.39, 0.29) is 11.9 Å². The van der Waals surface area contributed by atoms with E-state index < -0.39 is 0 Å². The first kappa shape index (κ1) is 18.0. The van der Waals surface area contributed by atoms with E-state index in [0.717, 1.165) is 37.9 Å². The van der Waals surface area contributed by atoms with Crippen molar-refractivity contribution in [1.29, 1.82) is 0 Å². The third-order valence-electron chi connectivity index (χ3n) is 5.68. The summed E-state index contributed by atoms with van der Waals surface area (Å²) in [6.45, 7) is 3.75. The van der Waals surface area contributed by atoms with Crippen LogP contribution in [0.1, 0.15) is 37.7 Å². The lowest BCUT2D eigenvalue weighted by atomic mass is 9.91. The second kappa shape index (κ2) is 7.71. The molecule has 1 aliphatic carbocycles. The minimum absolute atomic E-state index is 0.206. The first-order valence-corrected chi connectivity index (χ1v) is 9.99. The molecular formula is C19H25Cl2NO3. The average molecular weight is 386 g/mol. The van der Waals surface area contributed by atoms with Crippen molar-refractivity contribution in [3.05, 3.63) is 33.8 Å². The molecule has 2 aliphatic heterocycles. The lowest BCUT2D eigenvalue weighted by Crippen LogP contribution is -2.47. The molecule has 2 saturated heterocycles. The van der Waals surface area contributed by atoms with Crippen molar-refractivity contribution in [2.45, 2.75) is 56.6 Å². The smallest absolute Gasteiger partial charge is 0.182 e. The largest absolute Gasteiger partial charge is 0.372 e. The van der Waals surface area contributed by atoms with E-state index in [0.29, 0.717) is 35.9 Å². The van der Waals surface area contributed by atoms with Crippen LogP contribution >= 0.6 is 23.2 Å². The van der Waals surface area contributed by atoms with Gasteiger partial charge in [0.05, 0.1) is 32.5 Å². The van der Waals surface area contributed by atoms with Crippen LogP contribution in [0.15, 0.2) is 18.2 Å². The van der Waals surface area contributed by atoms with E-state index in [1.807, 2.05) is 18.2 Å². The van der Waals surface area contributed by atoms with Gasteiger partial charge in [0.15, 0.2) is 5.79 Å². The van der Waals surface area contributed by atoms with Gasteiger partial charge in [-0.05, 0) is 25.0 Å². The summed E-state index contributed by atoms with van der Waals surface area (Å²) in [6.07, 6.45) is 5.87. The lowest BCUT2D eigenvalue weighted by Gasteiger charge is -2.38. The zero-order valence-corrected chi connectivity index (χ0v) is 15.9. The summed E-state index contributed by atoms with van der Waals surface area (Å²) in [7, 11) is 0. The number of benzene rings is 1. The molecule has 0 bridgehead atoms. The topological polar surface area (TPSA) is 30.9 Å². The van der Waals surface area contributed by atoms with Crippen molar-refractivity contribution < 1.29 is 14.2 Å². The number of halogens is 2. The van der Waals surface area contributed by atoms with Gasteiger partial charge in [-0.3, -0.25) is 4.90 Å². The highest BCUT2D eigenvalue weighted by molar-refractivity contribution is 6.35. The van der Waals surface area contributed by atoms with Gasteiger partial charge in [-0.2, -0.15) is 0 Å². The van der Waals surface area contributed by atoms with Crippen molar-refractivity contribution in [3.63, 3.8) is 0 Å². The predicted molar refractivity (Wildman–Crippen MR) is 98.1 cm³/mol. The Bertz CT molecular complexity index is 586. The summed E-state index contributed by atoms with van der Waals surface area (Å²) in [5.74, 6) is -0.367. The van der Waals surface area contributed by atoms with Gasteiger partial charge in [-0.15, -0.1) is 0 Å². The van der Waals surface area contributed by atoms with Gasteiger partial charge in [0.2, 0.25) is 0 Å². The highest BCUT2D eigenvalue weighted by Gasteiger charge is 2.46. The molecule has 1 saturated carbocycles. The average Bonchev–Trinajstić information content (AvgIpc) is 3.25. The third kappa shape index (κ3) is 3.85. The number of likely N-dealkylation sites (tertiary alicyclic amines) is 1. The molecule has 4 nitrogen and oxygen atoms in total. The Morgan fingerprint density at radius 1 is 1.12 bits per heavy atom. The molecule has 0 unspecified atom stereocenters. The van der Waals surface area contributed by atoms with Crippen LogP contribution in [0.5, 0.6) is 0 Å². The maximum absolute atomic E-state index is 6.31. The number of hydrogen-bond acceptors (Lipinski definition) is 4. The van der Waals surface area contributed by atoms with E-state index in [4.69, 9.17) is 37.4 Å². The maximum Gasteiger partial charge on any atom is 0.182 e. The Kier molecular flexibility index (Phi) is 5.56. The molecule has 2 heterocycles. The minimum atomic E-state index is -0.367. The van der Waals surface area contributed by atoms with Crippen LogP contribution in [0.3, 0.4) is 0 Å². The molecule has 0 amide bonds.